The Morgan fingerprint density at radius 2 is 2.44 bits per heavy atom. The summed E-state index contributed by atoms with van der Waals surface area (Å²) in [6.07, 6.45) is 5.45. The molecule has 0 amide bonds. The minimum atomic E-state index is 1.10. The Kier molecular flexibility index (Phi) is 1.04. The Balaban J connectivity index is 2.28. The number of allylic oxidation sites excluding steroid dienone is 1. The zero-order valence-electron chi connectivity index (χ0n) is 5.35. The summed E-state index contributed by atoms with van der Waals surface area (Å²) < 4.78 is 0. The van der Waals surface area contributed by atoms with Crippen molar-refractivity contribution in [2.45, 2.75) is 19.3 Å². The van der Waals surface area contributed by atoms with Crippen molar-refractivity contribution in [1.82, 2.24) is 5.32 Å². The molecular formula is C7H10N2. The van der Waals surface area contributed by atoms with Gasteiger partial charge in [-0.1, -0.05) is 0 Å². The second-order valence-corrected chi connectivity index (χ2v) is 2.45. The van der Waals surface area contributed by atoms with Gasteiger partial charge in [0.05, 0.1) is 5.70 Å². The van der Waals surface area contributed by atoms with Crippen LogP contribution in [-0.4, -0.2) is 12.8 Å². The summed E-state index contributed by atoms with van der Waals surface area (Å²) in [6, 6.07) is 0. The highest BCUT2D eigenvalue weighted by molar-refractivity contribution is 5.61. The summed E-state index contributed by atoms with van der Waals surface area (Å²) in [4.78, 5) is 4.28. The van der Waals surface area contributed by atoms with E-state index < -0.39 is 0 Å². The fourth-order valence-corrected chi connectivity index (χ4v) is 1.34. The molecule has 0 saturated heterocycles. The van der Waals surface area contributed by atoms with Crippen molar-refractivity contribution < 1.29 is 0 Å². The van der Waals surface area contributed by atoms with E-state index in [0.29, 0.717) is 0 Å². The highest BCUT2D eigenvalue weighted by Gasteiger charge is 2.13. The summed E-state index contributed by atoms with van der Waals surface area (Å²) in [7, 11) is 0. The smallest absolute Gasteiger partial charge is 0.0606 e. The number of aliphatic imine (C=N–C) groups is 1. The van der Waals surface area contributed by atoms with Gasteiger partial charge in [-0.3, -0.25) is 4.99 Å². The van der Waals surface area contributed by atoms with E-state index in [9.17, 15) is 0 Å². The van der Waals surface area contributed by atoms with Crippen molar-refractivity contribution in [2.75, 3.05) is 6.54 Å². The number of nitrogens with one attached hydrogen (secondary N) is 1. The summed E-state index contributed by atoms with van der Waals surface area (Å²) in [5.41, 5.74) is 2.68. The normalized spacial score (nSPS) is 24.0. The lowest BCUT2D eigenvalue weighted by atomic mass is 10.2. The lowest BCUT2D eigenvalue weighted by Gasteiger charge is -2.05. The van der Waals surface area contributed by atoms with Gasteiger partial charge in [0.1, 0.15) is 0 Å². The van der Waals surface area contributed by atoms with Crippen LogP contribution in [0.1, 0.15) is 19.3 Å². The summed E-state index contributed by atoms with van der Waals surface area (Å²) in [5.74, 6) is 0. The van der Waals surface area contributed by atoms with Crippen molar-refractivity contribution in [3.05, 3.63) is 11.4 Å². The maximum absolute atomic E-state index is 4.28. The largest absolute Gasteiger partial charge is 0.386 e. The molecule has 2 rings (SSSR count). The molecule has 0 unspecified atom stereocenters. The van der Waals surface area contributed by atoms with Crippen molar-refractivity contribution in [3.8, 4) is 0 Å². The Hall–Kier alpha value is -0.790. The molecule has 1 N–H and O–H groups in total. The molecular weight excluding hydrogens is 112 g/mol. The van der Waals surface area contributed by atoms with Crippen LogP contribution < -0.4 is 5.32 Å². The van der Waals surface area contributed by atoms with Gasteiger partial charge in [0, 0.05) is 24.9 Å². The Morgan fingerprint density at radius 3 is 3.33 bits per heavy atom. The summed E-state index contributed by atoms with van der Waals surface area (Å²) in [6.45, 7) is 1.10. The Bertz CT molecular complexity index is 179. The molecule has 0 aromatic rings. The van der Waals surface area contributed by atoms with Crippen molar-refractivity contribution in [3.63, 3.8) is 0 Å². The molecule has 2 aliphatic rings. The lowest BCUT2D eigenvalue weighted by molar-refractivity contribution is 0.824. The SMILES string of the molecule is C1=NC2=C(CC1)NCC2. The minimum Gasteiger partial charge on any atom is -0.386 e. The molecule has 2 heterocycles. The third-order valence-electron chi connectivity index (χ3n) is 1.82. The maximum Gasteiger partial charge on any atom is 0.0606 e. The van der Waals surface area contributed by atoms with Crippen LogP contribution in [0.4, 0.5) is 0 Å². The Labute approximate surface area is 54.7 Å². The van der Waals surface area contributed by atoms with E-state index in [-0.39, 0.29) is 0 Å². The summed E-state index contributed by atoms with van der Waals surface area (Å²) >= 11 is 0. The molecule has 0 atom stereocenters. The van der Waals surface area contributed by atoms with Crippen LogP contribution >= 0.6 is 0 Å². The van der Waals surface area contributed by atoms with Gasteiger partial charge in [-0.05, 0) is 12.8 Å². The average molecular weight is 122 g/mol. The highest BCUT2D eigenvalue weighted by Crippen LogP contribution is 2.21. The molecule has 9 heavy (non-hydrogen) atoms. The standard InChI is InChI=1S/C7H10N2/c1-2-6-7(8-4-1)3-5-9-6/h4,9H,1-3,5H2. The lowest BCUT2D eigenvalue weighted by Crippen LogP contribution is -2.08. The molecule has 0 aromatic heterocycles. The van der Waals surface area contributed by atoms with Crippen LogP contribution in [-0.2, 0) is 0 Å². The van der Waals surface area contributed by atoms with Crippen LogP contribution in [0.5, 0.6) is 0 Å². The van der Waals surface area contributed by atoms with Gasteiger partial charge in [0.15, 0.2) is 0 Å². The second kappa shape index (κ2) is 1.87. The fraction of sp³-hybridized carbons (Fsp3) is 0.571. The van der Waals surface area contributed by atoms with Crippen LogP contribution in [0.2, 0.25) is 0 Å². The second-order valence-electron chi connectivity index (χ2n) is 2.45. The van der Waals surface area contributed by atoms with Crippen molar-refractivity contribution in [2.24, 2.45) is 4.99 Å². The number of hydrogen-bond donors (Lipinski definition) is 1. The Morgan fingerprint density at radius 1 is 1.44 bits per heavy atom. The van der Waals surface area contributed by atoms with Gasteiger partial charge in [0.25, 0.3) is 0 Å². The van der Waals surface area contributed by atoms with Crippen molar-refractivity contribution in [1.29, 1.82) is 0 Å². The average Bonchev–Trinajstić information content (AvgIpc) is 2.33. The summed E-state index contributed by atoms with van der Waals surface area (Å²) in [5, 5.41) is 3.32. The van der Waals surface area contributed by atoms with Crippen LogP contribution in [0.15, 0.2) is 16.4 Å². The first kappa shape index (κ1) is 5.03. The maximum atomic E-state index is 4.28. The molecule has 2 heteroatoms. The van der Waals surface area contributed by atoms with E-state index in [2.05, 4.69) is 10.3 Å². The van der Waals surface area contributed by atoms with E-state index in [1.807, 2.05) is 6.21 Å². The van der Waals surface area contributed by atoms with Crippen LogP contribution in [0.3, 0.4) is 0 Å². The van der Waals surface area contributed by atoms with Gasteiger partial charge in [-0.15, -0.1) is 0 Å². The van der Waals surface area contributed by atoms with E-state index in [1.54, 1.807) is 0 Å². The highest BCUT2D eigenvalue weighted by atomic mass is 15.0. The van der Waals surface area contributed by atoms with E-state index >= 15 is 0 Å². The number of nitrogens with zero attached hydrogens (tertiary/aromatic N) is 1. The quantitative estimate of drug-likeness (QED) is 0.510. The molecule has 0 saturated carbocycles. The molecule has 0 radical (unpaired) electrons. The minimum absolute atomic E-state index is 1.10. The fourth-order valence-electron chi connectivity index (χ4n) is 1.34. The molecule has 48 valence electrons. The predicted octanol–water partition coefficient (Wildman–Crippen LogP) is 1.06. The molecule has 2 nitrogen and oxygen atoms in total. The topological polar surface area (TPSA) is 24.4 Å². The van der Waals surface area contributed by atoms with Crippen molar-refractivity contribution >= 4 is 6.21 Å². The predicted molar refractivity (Wildman–Crippen MR) is 37.4 cm³/mol. The zero-order valence-corrected chi connectivity index (χ0v) is 5.35. The molecule has 0 aliphatic carbocycles. The van der Waals surface area contributed by atoms with Gasteiger partial charge < -0.3 is 5.32 Å². The molecule has 0 aromatic carbocycles. The molecule has 0 fully saturated rings. The number of hydrogen-bond acceptors (Lipinski definition) is 2. The molecule has 0 spiro atoms. The monoisotopic (exact) mass is 122 g/mol. The van der Waals surface area contributed by atoms with Gasteiger partial charge in [-0.25, -0.2) is 0 Å². The van der Waals surface area contributed by atoms with Crippen LogP contribution in [0, 0.1) is 0 Å². The van der Waals surface area contributed by atoms with Gasteiger partial charge in [0.2, 0.25) is 0 Å². The van der Waals surface area contributed by atoms with Gasteiger partial charge in [-0.2, -0.15) is 0 Å². The van der Waals surface area contributed by atoms with E-state index in [4.69, 9.17) is 0 Å². The first-order valence-corrected chi connectivity index (χ1v) is 3.45. The van der Waals surface area contributed by atoms with Gasteiger partial charge >= 0.3 is 0 Å². The first-order valence-electron chi connectivity index (χ1n) is 3.45. The van der Waals surface area contributed by atoms with E-state index in [0.717, 1.165) is 19.4 Å². The third kappa shape index (κ3) is 0.745. The third-order valence-corrected chi connectivity index (χ3v) is 1.82. The van der Waals surface area contributed by atoms with Crippen LogP contribution in [0.25, 0.3) is 0 Å². The van der Waals surface area contributed by atoms with E-state index in [1.165, 1.54) is 17.8 Å². The number of rotatable bonds is 0. The molecule has 2 aliphatic heterocycles. The first-order chi connectivity index (χ1) is 4.47. The zero-order chi connectivity index (χ0) is 6.10. The molecule has 0 bridgehead atoms.